The Labute approximate surface area is 135 Å². The topological polar surface area (TPSA) is 65.5 Å². The van der Waals surface area contributed by atoms with Crippen LogP contribution < -0.4 is 5.32 Å². The van der Waals surface area contributed by atoms with Crippen LogP contribution in [0.25, 0.3) is 0 Å². The zero-order valence-corrected chi connectivity index (χ0v) is 13.8. The number of likely N-dealkylation sites (tertiary alicyclic amines) is 1. The molecule has 1 fully saturated rings. The van der Waals surface area contributed by atoms with Crippen LogP contribution in [0.3, 0.4) is 0 Å². The number of hydrogen-bond donors (Lipinski definition) is 2. The van der Waals surface area contributed by atoms with Gasteiger partial charge in [-0.2, -0.15) is 0 Å². The first-order chi connectivity index (χ1) is 10.8. The summed E-state index contributed by atoms with van der Waals surface area (Å²) in [7, 11) is 0. The van der Waals surface area contributed by atoms with Crippen molar-refractivity contribution < 1.29 is 9.90 Å². The van der Waals surface area contributed by atoms with Crippen LogP contribution >= 0.6 is 11.3 Å². The predicted octanol–water partition coefficient (Wildman–Crippen LogP) is 1.98. The number of aromatic nitrogens is 1. The smallest absolute Gasteiger partial charge is 0.317 e. The molecule has 0 spiro atoms. The van der Waals surface area contributed by atoms with Crippen molar-refractivity contribution in [2.45, 2.75) is 44.9 Å². The highest BCUT2D eigenvalue weighted by Gasteiger charge is 2.22. The SMILES string of the molecule is O=C(NCCc1nc2c(s1)CCCC2)N1CCC(CO)CC1. The third-order valence-corrected chi connectivity index (χ3v) is 5.88. The molecule has 0 radical (unpaired) electrons. The Balaban J connectivity index is 1.41. The van der Waals surface area contributed by atoms with Crippen LogP contribution in [0.15, 0.2) is 0 Å². The van der Waals surface area contributed by atoms with E-state index >= 15 is 0 Å². The molecular weight excluding hydrogens is 298 g/mol. The Bertz CT molecular complexity index is 486. The van der Waals surface area contributed by atoms with Gasteiger partial charge in [0.15, 0.2) is 0 Å². The highest BCUT2D eigenvalue weighted by atomic mass is 32.1. The molecule has 2 N–H and O–H groups in total. The van der Waals surface area contributed by atoms with Crippen molar-refractivity contribution >= 4 is 17.4 Å². The summed E-state index contributed by atoms with van der Waals surface area (Å²) in [6.07, 6.45) is 7.49. The standard InChI is InChI=1S/C16H25N3O2S/c20-11-12-6-9-19(10-7-12)16(21)17-8-5-15-18-13-3-1-2-4-14(13)22-15/h12,20H,1-11H2,(H,17,21). The lowest BCUT2D eigenvalue weighted by Crippen LogP contribution is -2.45. The fraction of sp³-hybridized carbons (Fsp3) is 0.750. The Kier molecular flexibility index (Phi) is 5.31. The maximum atomic E-state index is 12.1. The van der Waals surface area contributed by atoms with Crippen molar-refractivity contribution in [2.24, 2.45) is 5.92 Å². The molecule has 3 rings (SSSR count). The Morgan fingerprint density at radius 2 is 2.09 bits per heavy atom. The number of urea groups is 1. The van der Waals surface area contributed by atoms with Gasteiger partial charge in [-0.15, -0.1) is 11.3 Å². The maximum absolute atomic E-state index is 12.1. The van der Waals surface area contributed by atoms with Crippen molar-refractivity contribution in [2.75, 3.05) is 26.2 Å². The van der Waals surface area contributed by atoms with Gasteiger partial charge < -0.3 is 15.3 Å². The average Bonchev–Trinajstić information content (AvgIpc) is 2.97. The van der Waals surface area contributed by atoms with Crippen LogP contribution in [0.5, 0.6) is 0 Å². The van der Waals surface area contributed by atoms with Gasteiger partial charge in [-0.3, -0.25) is 0 Å². The van der Waals surface area contributed by atoms with Crippen LogP contribution in [0.2, 0.25) is 0 Å². The highest BCUT2D eigenvalue weighted by molar-refractivity contribution is 7.11. The Morgan fingerprint density at radius 3 is 2.82 bits per heavy atom. The van der Waals surface area contributed by atoms with E-state index < -0.39 is 0 Å². The molecule has 2 heterocycles. The number of amides is 2. The molecule has 1 aliphatic heterocycles. The van der Waals surface area contributed by atoms with Crippen molar-refractivity contribution in [3.05, 3.63) is 15.6 Å². The van der Waals surface area contributed by atoms with Crippen molar-refractivity contribution in [1.82, 2.24) is 15.2 Å². The van der Waals surface area contributed by atoms with E-state index in [2.05, 4.69) is 5.32 Å². The van der Waals surface area contributed by atoms with Crippen molar-refractivity contribution in [1.29, 1.82) is 0 Å². The lowest BCUT2D eigenvalue weighted by molar-refractivity contribution is 0.137. The molecular formula is C16H25N3O2S. The fourth-order valence-electron chi connectivity index (χ4n) is 3.22. The van der Waals surface area contributed by atoms with Gasteiger partial charge in [0.2, 0.25) is 0 Å². The first-order valence-electron chi connectivity index (χ1n) is 8.37. The van der Waals surface area contributed by atoms with Crippen LogP contribution in [0.4, 0.5) is 4.79 Å². The van der Waals surface area contributed by atoms with Gasteiger partial charge in [0.1, 0.15) is 0 Å². The number of thiazole rings is 1. The van der Waals surface area contributed by atoms with Crippen molar-refractivity contribution in [3.63, 3.8) is 0 Å². The number of aliphatic hydroxyl groups excluding tert-OH is 1. The van der Waals surface area contributed by atoms with Crippen LogP contribution in [0, 0.1) is 5.92 Å². The molecule has 1 aromatic heterocycles. The van der Waals surface area contributed by atoms with Gasteiger partial charge in [-0.25, -0.2) is 9.78 Å². The maximum Gasteiger partial charge on any atom is 0.317 e. The van der Waals surface area contributed by atoms with E-state index in [1.165, 1.54) is 29.8 Å². The summed E-state index contributed by atoms with van der Waals surface area (Å²) < 4.78 is 0. The molecule has 1 aliphatic carbocycles. The third-order valence-electron chi connectivity index (χ3n) is 4.66. The number of nitrogens with zero attached hydrogens (tertiary/aromatic N) is 2. The highest BCUT2D eigenvalue weighted by Crippen LogP contribution is 2.26. The van der Waals surface area contributed by atoms with Gasteiger partial charge in [0.25, 0.3) is 0 Å². The molecule has 1 aromatic rings. The number of hydrogen-bond acceptors (Lipinski definition) is 4. The average molecular weight is 323 g/mol. The molecule has 2 amide bonds. The minimum absolute atomic E-state index is 0.0257. The number of fused-ring (bicyclic) bond motifs is 1. The summed E-state index contributed by atoms with van der Waals surface area (Å²) in [6, 6.07) is 0.0257. The van der Waals surface area contributed by atoms with E-state index in [9.17, 15) is 4.79 Å². The molecule has 122 valence electrons. The van der Waals surface area contributed by atoms with Crippen LogP contribution in [-0.2, 0) is 19.3 Å². The number of rotatable bonds is 4. The summed E-state index contributed by atoms with van der Waals surface area (Å²) in [4.78, 5) is 20.1. The number of carbonyl (C=O) groups is 1. The van der Waals surface area contributed by atoms with Crippen LogP contribution in [0.1, 0.15) is 41.3 Å². The summed E-state index contributed by atoms with van der Waals surface area (Å²) in [5, 5.41) is 13.3. The monoisotopic (exact) mass is 323 g/mol. The van der Waals surface area contributed by atoms with E-state index in [4.69, 9.17) is 10.1 Å². The lowest BCUT2D eigenvalue weighted by Gasteiger charge is -2.31. The minimum Gasteiger partial charge on any atom is -0.396 e. The van der Waals surface area contributed by atoms with E-state index in [-0.39, 0.29) is 12.6 Å². The molecule has 0 aromatic carbocycles. The first-order valence-corrected chi connectivity index (χ1v) is 9.19. The number of aryl methyl sites for hydroxylation is 2. The zero-order valence-electron chi connectivity index (χ0n) is 13.0. The normalized spacial score (nSPS) is 19.0. The van der Waals surface area contributed by atoms with Gasteiger partial charge in [-0.1, -0.05) is 0 Å². The molecule has 0 unspecified atom stereocenters. The van der Waals surface area contributed by atoms with Gasteiger partial charge in [0, 0.05) is 37.5 Å². The second-order valence-corrected chi connectivity index (χ2v) is 7.45. The molecule has 22 heavy (non-hydrogen) atoms. The lowest BCUT2D eigenvalue weighted by atomic mass is 9.98. The van der Waals surface area contributed by atoms with Gasteiger partial charge in [0.05, 0.1) is 10.7 Å². The minimum atomic E-state index is 0.0257. The van der Waals surface area contributed by atoms with E-state index in [0.717, 1.165) is 43.8 Å². The second-order valence-electron chi connectivity index (χ2n) is 6.28. The number of aliphatic hydroxyl groups is 1. The summed E-state index contributed by atoms with van der Waals surface area (Å²) in [6.45, 7) is 2.40. The molecule has 6 heteroatoms. The second kappa shape index (κ2) is 7.42. The van der Waals surface area contributed by atoms with E-state index in [1.54, 1.807) is 0 Å². The molecule has 1 saturated heterocycles. The van der Waals surface area contributed by atoms with E-state index in [0.29, 0.717) is 12.5 Å². The number of carbonyl (C=O) groups excluding carboxylic acids is 1. The first kappa shape index (κ1) is 15.7. The Hall–Kier alpha value is -1.14. The van der Waals surface area contributed by atoms with Gasteiger partial charge >= 0.3 is 6.03 Å². The largest absolute Gasteiger partial charge is 0.396 e. The quantitative estimate of drug-likeness (QED) is 0.890. The fourth-order valence-corrected chi connectivity index (χ4v) is 4.38. The summed E-state index contributed by atoms with van der Waals surface area (Å²) in [5.74, 6) is 0.366. The molecule has 2 aliphatic rings. The third kappa shape index (κ3) is 3.79. The zero-order chi connectivity index (χ0) is 15.4. The molecule has 0 saturated carbocycles. The molecule has 5 nitrogen and oxygen atoms in total. The molecule has 0 bridgehead atoms. The predicted molar refractivity (Wildman–Crippen MR) is 87.2 cm³/mol. The number of piperidine rings is 1. The number of nitrogens with one attached hydrogen (secondary N) is 1. The Morgan fingerprint density at radius 1 is 1.32 bits per heavy atom. The summed E-state index contributed by atoms with van der Waals surface area (Å²) in [5.41, 5.74) is 1.30. The van der Waals surface area contributed by atoms with Crippen molar-refractivity contribution in [3.8, 4) is 0 Å². The van der Waals surface area contributed by atoms with E-state index in [1.807, 2.05) is 16.2 Å². The van der Waals surface area contributed by atoms with Gasteiger partial charge in [-0.05, 0) is 44.4 Å². The van der Waals surface area contributed by atoms with Crippen LogP contribution in [-0.4, -0.2) is 47.3 Å². The molecule has 0 atom stereocenters. The summed E-state index contributed by atoms with van der Waals surface area (Å²) >= 11 is 1.82.